The fourth-order valence-electron chi connectivity index (χ4n) is 1.99. The Morgan fingerprint density at radius 2 is 2.36 bits per heavy atom. The van der Waals surface area contributed by atoms with Crippen molar-refractivity contribution in [3.63, 3.8) is 0 Å². The first-order chi connectivity index (χ1) is 10.5. The molecule has 2 rings (SSSR count). The standard InChI is InChI=1S/C13H17N3O4S2/c1-14-13-16(2)11(18)8(22-13)6-9(17)15-10-7(4-5-21-10)12(19)20-3/h4-5,8,12,19H,6H2,1-3H3,(H,15,17). The number of hydrogen-bond donors (Lipinski definition) is 2. The van der Waals surface area contributed by atoms with Gasteiger partial charge in [-0.15, -0.1) is 11.3 Å². The van der Waals surface area contributed by atoms with Gasteiger partial charge in [-0.1, -0.05) is 11.8 Å². The third-order valence-electron chi connectivity index (χ3n) is 3.14. The van der Waals surface area contributed by atoms with Crippen LogP contribution in [0.4, 0.5) is 5.00 Å². The van der Waals surface area contributed by atoms with Crippen LogP contribution in [-0.2, 0) is 14.3 Å². The van der Waals surface area contributed by atoms with Crippen molar-refractivity contribution in [1.82, 2.24) is 4.90 Å². The average molecular weight is 343 g/mol. The molecule has 120 valence electrons. The smallest absolute Gasteiger partial charge is 0.242 e. The minimum Gasteiger partial charge on any atom is -0.364 e. The van der Waals surface area contributed by atoms with Crippen LogP contribution >= 0.6 is 23.1 Å². The maximum atomic E-state index is 12.1. The van der Waals surface area contributed by atoms with Crippen LogP contribution in [0.3, 0.4) is 0 Å². The van der Waals surface area contributed by atoms with E-state index in [1.54, 1.807) is 25.5 Å². The summed E-state index contributed by atoms with van der Waals surface area (Å²) in [6, 6.07) is 1.68. The number of anilines is 1. The Bertz CT molecular complexity index is 602. The molecule has 2 atom stereocenters. The van der Waals surface area contributed by atoms with Crippen molar-refractivity contribution in [2.45, 2.75) is 18.0 Å². The molecule has 2 heterocycles. The highest BCUT2D eigenvalue weighted by Crippen LogP contribution is 2.31. The molecular formula is C13H17N3O4S2. The van der Waals surface area contributed by atoms with E-state index in [1.165, 1.54) is 35.1 Å². The van der Waals surface area contributed by atoms with Gasteiger partial charge in [0, 0.05) is 33.2 Å². The molecule has 2 N–H and O–H groups in total. The summed E-state index contributed by atoms with van der Waals surface area (Å²) in [7, 11) is 4.63. The van der Waals surface area contributed by atoms with Crippen molar-refractivity contribution in [3.8, 4) is 0 Å². The fourth-order valence-corrected chi connectivity index (χ4v) is 3.92. The lowest BCUT2D eigenvalue weighted by Gasteiger charge is -2.11. The van der Waals surface area contributed by atoms with Crippen LogP contribution in [0.5, 0.6) is 0 Å². The molecule has 1 aliphatic heterocycles. The van der Waals surface area contributed by atoms with E-state index in [2.05, 4.69) is 10.3 Å². The lowest BCUT2D eigenvalue weighted by atomic mass is 10.2. The summed E-state index contributed by atoms with van der Waals surface area (Å²) in [5.74, 6) is -0.423. The first-order valence-electron chi connectivity index (χ1n) is 6.47. The van der Waals surface area contributed by atoms with Crippen LogP contribution in [0.2, 0.25) is 0 Å². The second-order valence-electron chi connectivity index (χ2n) is 4.56. The summed E-state index contributed by atoms with van der Waals surface area (Å²) in [6.07, 6.45) is -1.04. The van der Waals surface area contributed by atoms with Crippen molar-refractivity contribution in [2.75, 3.05) is 26.5 Å². The zero-order valence-corrected chi connectivity index (χ0v) is 14.0. The number of carbonyl (C=O) groups is 2. The number of aliphatic hydroxyl groups is 1. The van der Waals surface area contributed by atoms with E-state index in [1.807, 2.05) is 0 Å². The number of thiophene rings is 1. The van der Waals surface area contributed by atoms with Crippen LogP contribution in [0.1, 0.15) is 18.3 Å². The molecular weight excluding hydrogens is 326 g/mol. The molecule has 2 unspecified atom stereocenters. The van der Waals surface area contributed by atoms with Gasteiger partial charge in [0.05, 0.1) is 0 Å². The van der Waals surface area contributed by atoms with E-state index in [9.17, 15) is 14.7 Å². The Hall–Kier alpha value is -1.42. The van der Waals surface area contributed by atoms with Crippen LogP contribution in [0, 0.1) is 0 Å². The first-order valence-corrected chi connectivity index (χ1v) is 8.23. The molecule has 1 aliphatic rings. The molecule has 1 saturated heterocycles. The number of aliphatic imine (C=N–C) groups is 1. The lowest BCUT2D eigenvalue weighted by Crippen LogP contribution is -2.30. The van der Waals surface area contributed by atoms with Gasteiger partial charge >= 0.3 is 0 Å². The van der Waals surface area contributed by atoms with Crippen LogP contribution in [-0.4, -0.2) is 53.4 Å². The van der Waals surface area contributed by atoms with E-state index >= 15 is 0 Å². The summed E-state index contributed by atoms with van der Waals surface area (Å²) < 4.78 is 4.84. The summed E-state index contributed by atoms with van der Waals surface area (Å²) >= 11 is 2.57. The molecule has 0 saturated carbocycles. The molecule has 2 amide bonds. The normalized spacial score (nSPS) is 21.5. The van der Waals surface area contributed by atoms with E-state index in [-0.39, 0.29) is 18.2 Å². The van der Waals surface area contributed by atoms with Gasteiger partial charge in [0.2, 0.25) is 11.8 Å². The van der Waals surface area contributed by atoms with Gasteiger partial charge in [0.15, 0.2) is 11.5 Å². The van der Waals surface area contributed by atoms with Crippen molar-refractivity contribution >= 4 is 45.1 Å². The van der Waals surface area contributed by atoms with Gasteiger partial charge in [-0.25, -0.2) is 0 Å². The third kappa shape index (κ3) is 3.49. The van der Waals surface area contributed by atoms with Crippen molar-refractivity contribution in [1.29, 1.82) is 0 Å². The first kappa shape index (κ1) is 16.9. The largest absolute Gasteiger partial charge is 0.364 e. The van der Waals surface area contributed by atoms with Crippen molar-refractivity contribution < 1.29 is 19.4 Å². The number of aliphatic hydroxyl groups excluding tert-OH is 1. The fraction of sp³-hybridized carbons (Fsp3) is 0.462. The number of hydrogen-bond acceptors (Lipinski definition) is 7. The Morgan fingerprint density at radius 3 is 2.95 bits per heavy atom. The van der Waals surface area contributed by atoms with Gasteiger partial charge in [0.25, 0.3) is 0 Å². The SMILES string of the molecule is CN=C1SC(CC(=O)Nc2sccc2C(O)OC)C(=O)N1C. The molecule has 0 spiro atoms. The van der Waals surface area contributed by atoms with E-state index in [0.29, 0.717) is 15.7 Å². The zero-order valence-electron chi connectivity index (χ0n) is 12.4. The predicted molar refractivity (Wildman–Crippen MR) is 87.0 cm³/mol. The number of nitrogens with zero attached hydrogens (tertiary/aromatic N) is 2. The number of amidine groups is 1. The quantitative estimate of drug-likeness (QED) is 0.786. The summed E-state index contributed by atoms with van der Waals surface area (Å²) in [5, 5.41) is 14.8. The van der Waals surface area contributed by atoms with E-state index < -0.39 is 11.5 Å². The van der Waals surface area contributed by atoms with Crippen LogP contribution < -0.4 is 5.32 Å². The van der Waals surface area contributed by atoms with Crippen LogP contribution in [0.25, 0.3) is 0 Å². The maximum absolute atomic E-state index is 12.1. The highest BCUT2D eigenvalue weighted by molar-refractivity contribution is 8.15. The van der Waals surface area contributed by atoms with Gasteiger partial charge in [-0.2, -0.15) is 0 Å². The van der Waals surface area contributed by atoms with E-state index in [4.69, 9.17) is 4.74 Å². The lowest BCUT2D eigenvalue weighted by molar-refractivity contribution is -0.127. The van der Waals surface area contributed by atoms with Gasteiger partial charge in [-0.05, 0) is 11.4 Å². The number of methoxy groups -OCH3 is 1. The van der Waals surface area contributed by atoms with Gasteiger partial charge < -0.3 is 15.2 Å². The summed E-state index contributed by atoms with van der Waals surface area (Å²) in [6.45, 7) is 0. The summed E-state index contributed by atoms with van der Waals surface area (Å²) in [5.41, 5.74) is 0.499. The number of nitrogens with one attached hydrogen (secondary N) is 1. The number of rotatable bonds is 5. The Balaban J connectivity index is 2.00. The molecule has 0 bridgehead atoms. The monoisotopic (exact) mass is 343 g/mol. The molecule has 1 aromatic rings. The van der Waals surface area contributed by atoms with E-state index in [0.717, 1.165) is 0 Å². The number of amides is 2. The number of thioether (sulfide) groups is 1. The second kappa shape index (κ2) is 7.23. The van der Waals surface area contributed by atoms with Gasteiger partial charge in [0.1, 0.15) is 10.3 Å². The summed E-state index contributed by atoms with van der Waals surface area (Å²) in [4.78, 5) is 29.6. The highest BCUT2D eigenvalue weighted by atomic mass is 32.2. The zero-order chi connectivity index (χ0) is 16.3. The number of carbonyl (C=O) groups excluding carboxylic acids is 2. The Labute approximate surface area is 136 Å². The highest BCUT2D eigenvalue weighted by Gasteiger charge is 2.36. The minimum atomic E-state index is -1.09. The second-order valence-corrected chi connectivity index (χ2v) is 6.64. The molecule has 1 aromatic heterocycles. The Kier molecular flexibility index (Phi) is 5.57. The molecule has 9 heteroatoms. The molecule has 7 nitrogen and oxygen atoms in total. The van der Waals surface area contributed by atoms with Crippen LogP contribution in [0.15, 0.2) is 16.4 Å². The molecule has 0 radical (unpaired) electrons. The molecule has 1 fully saturated rings. The predicted octanol–water partition coefficient (Wildman–Crippen LogP) is 1.27. The van der Waals surface area contributed by atoms with Crippen molar-refractivity contribution in [2.24, 2.45) is 4.99 Å². The topological polar surface area (TPSA) is 91.2 Å². The molecule has 22 heavy (non-hydrogen) atoms. The Morgan fingerprint density at radius 1 is 1.64 bits per heavy atom. The molecule has 0 aromatic carbocycles. The van der Waals surface area contributed by atoms with Gasteiger partial charge in [-0.3, -0.25) is 19.5 Å². The third-order valence-corrected chi connectivity index (χ3v) is 5.31. The number of ether oxygens (including phenoxy) is 1. The average Bonchev–Trinajstić information content (AvgIpc) is 3.06. The minimum absolute atomic E-state index is 0.0489. The molecule has 0 aliphatic carbocycles. The maximum Gasteiger partial charge on any atom is 0.242 e. The van der Waals surface area contributed by atoms with Crippen molar-refractivity contribution in [3.05, 3.63) is 17.0 Å².